The lowest BCUT2D eigenvalue weighted by atomic mass is 10.0. The Labute approximate surface area is 193 Å². The zero-order valence-electron chi connectivity index (χ0n) is 18.3. The molecular formula is C24H25BClN3O3. The summed E-state index contributed by atoms with van der Waals surface area (Å²) in [6.45, 7) is 4.68. The number of anilines is 2. The number of pyridine rings is 1. The van der Waals surface area contributed by atoms with Crippen LogP contribution < -0.4 is 15.4 Å². The van der Waals surface area contributed by atoms with E-state index in [1.54, 1.807) is 42.5 Å². The van der Waals surface area contributed by atoms with Crippen molar-refractivity contribution >= 4 is 42.8 Å². The maximum Gasteiger partial charge on any atom is 0.259 e. The highest BCUT2D eigenvalue weighted by Gasteiger charge is 2.18. The maximum atomic E-state index is 13.1. The average molecular weight is 450 g/mol. The summed E-state index contributed by atoms with van der Waals surface area (Å²) in [6, 6.07) is 15.6. The minimum absolute atomic E-state index is 0.307. The normalized spacial score (nSPS) is 10.6. The molecule has 3 aromatic rings. The lowest BCUT2D eigenvalue weighted by Crippen LogP contribution is -2.19. The van der Waals surface area contributed by atoms with E-state index in [0.29, 0.717) is 45.9 Å². The molecule has 0 aliphatic heterocycles. The molecule has 32 heavy (non-hydrogen) atoms. The third-order valence-electron chi connectivity index (χ3n) is 4.77. The van der Waals surface area contributed by atoms with Crippen LogP contribution in [0.3, 0.4) is 0 Å². The van der Waals surface area contributed by atoms with Crippen molar-refractivity contribution in [3.8, 4) is 5.75 Å². The van der Waals surface area contributed by atoms with Crippen LogP contribution in [0.2, 0.25) is 11.3 Å². The molecule has 0 saturated heterocycles. The van der Waals surface area contributed by atoms with Gasteiger partial charge in [-0.05, 0) is 54.2 Å². The van der Waals surface area contributed by atoms with Crippen molar-refractivity contribution < 1.29 is 14.3 Å². The van der Waals surface area contributed by atoms with Gasteiger partial charge in [-0.2, -0.15) is 0 Å². The molecule has 0 aliphatic rings. The van der Waals surface area contributed by atoms with Crippen LogP contribution in [0.4, 0.5) is 11.5 Å². The molecule has 1 heterocycles. The Kier molecular flexibility index (Phi) is 7.90. The summed E-state index contributed by atoms with van der Waals surface area (Å²) in [7, 11) is 2.01. The molecule has 3 rings (SSSR count). The summed E-state index contributed by atoms with van der Waals surface area (Å²) in [5, 5.41) is 6.03. The molecule has 0 spiro atoms. The largest absolute Gasteiger partial charge is 0.493 e. The molecule has 0 fully saturated rings. The van der Waals surface area contributed by atoms with Crippen LogP contribution in [0.25, 0.3) is 0 Å². The van der Waals surface area contributed by atoms with E-state index in [4.69, 9.17) is 16.3 Å². The van der Waals surface area contributed by atoms with Crippen molar-refractivity contribution in [1.29, 1.82) is 0 Å². The highest BCUT2D eigenvalue weighted by Crippen LogP contribution is 2.27. The summed E-state index contributed by atoms with van der Waals surface area (Å²) in [5.74, 6) is 0.453. The highest BCUT2D eigenvalue weighted by molar-refractivity contribution is 6.30. The van der Waals surface area contributed by atoms with Crippen LogP contribution in [0.5, 0.6) is 5.75 Å². The van der Waals surface area contributed by atoms with Crippen molar-refractivity contribution in [2.75, 3.05) is 17.2 Å². The van der Waals surface area contributed by atoms with Gasteiger partial charge in [-0.25, -0.2) is 4.98 Å². The predicted octanol–water partition coefficient (Wildman–Crippen LogP) is 4.79. The van der Waals surface area contributed by atoms with Crippen molar-refractivity contribution in [2.45, 2.75) is 26.1 Å². The molecule has 6 nitrogen and oxygen atoms in total. The molecule has 164 valence electrons. The lowest BCUT2D eigenvalue weighted by Gasteiger charge is -2.16. The Morgan fingerprint density at radius 3 is 2.47 bits per heavy atom. The number of ether oxygens (including phenoxy) is 1. The van der Waals surface area contributed by atoms with Gasteiger partial charge in [0.15, 0.2) is 0 Å². The second kappa shape index (κ2) is 10.8. The summed E-state index contributed by atoms with van der Waals surface area (Å²) >= 11 is 5.84. The first kappa shape index (κ1) is 23.4. The highest BCUT2D eigenvalue weighted by atomic mass is 35.5. The van der Waals surface area contributed by atoms with Gasteiger partial charge in [0.25, 0.3) is 11.8 Å². The summed E-state index contributed by atoms with van der Waals surface area (Å²) < 4.78 is 5.84. The van der Waals surface area contributed by atoms with Crippen LogP contribution >= 0.6 is 11.6 Å². The molecule has 2 amide bonds. The summed E-state index contributed by atoms with van der Waals surface area (Å²) in [6.07, 6.45) is 2.28. The first-order valence-electron chi connectivity index (χ1n) is 10.5. The second-order valence-electron chi connectivity index (χ2n) is 7.57. The second-order valence-corrected chi connectivity index (χ2v) is 8.01. The van der Waals surface area contributed by atoms with Crippen LogP contribution in [-0.4, -0.2) is 31.3 Å². The van der Waals surface area contributed by atoms with Gasteiger partial charge >= 0.3 is 0 Å². The number of carbonyl (C=O) groups is 2. The fourth-order valence-corrected chi connectivity index (χ4v) is 3.14. The smallest absolute Gasteiger partial charge is 0.259 e. The quantitative estimate of drug-likeness (QED) is 0.484. The molecule has 0 radical (unpaired) electrons. The predicted molar refractivity (Wildman–Crippen MR) is 131 cm³/mol. The molecular weight excluding hydrogens is 425 g/mol. The van der Waals surface area contributed by atoms with E-state index >= 15 is 0 Å². The molecule has 8 heteroatoms. The Hall–Kier alpha value is -3.32. The molecule has 0 atom stereocenters. The van der Waals surface area contributed by atoms with Gasteiger partial charge in [-0.3, -0.25) is 9.59 Å². The average Bonchev–Trinajstić information content (AvgIpc) is 2.79. The van der Waals surface area contributed by atoms with Crippen molar-refractivity contribution in [2.24, 2.45) is 0 Å². The molecule has 2 N–H and O–H groups in total. The minimum atomic E-state index is -0.395. The number of para-hydroxylation sites is 1. The Morgan fingerprint density at radius 1 is 1.03 bits per heavy atom. The van der Waals surface area contributed by atoms with Crippen molar-refractivity contribution in [3.05, 3.63) is 82.5 Å². The molecule has 0 saturated carbocycles. The number of halogens is 1. The van der Waals surface area contributed by atoms with Gasteiger partial charge in [-0.15, -0.1) is 0 Å². The molecule has 0 bridgehead atoms. The van der Waals surface area contributed by atoms with E-state index in [1.807, 2.05) is 20.0 Å². The van der Waals surface area contributed by atoms with Crippen LogP contribution in [-0.2, 0) is 0 Å². The number of carbonyl (C=O) groups excluding carboxylic acids is 2. The fraction of sp³-hybridized carbons (Fsp3) is 0.208. The van der Waals surface area contributed by atoms with Crippen LogP contribution in [0, 0.1) is 0 Å². The number of benzene rings is 2. The minimum Gasteiger partial charge on any atom is -0.493 e. The number of nitrogens with zero attached hydrogens (tertiary/aromatic N) is 1. The Bertz CT molecular complexity index is 1100. The number of rotatable bonds is 8. The first-order chi connectivity index (χ1) is 15.4. The van der Waals surface area contributed by atoms with Gasteiger partial charge in [0.1, 0.15) is 19.4 Å². The van der Waals surface area contributed by atoms with Crippen LogP contribution in [0.1, 0.15) is 46.0 Å². The number of hydrogen-bond acceptors (Lipinski definition) is 4. The lowest BCUT2D eigenvalue weighted by molar-refractivity contribution is 0.102. The molecule has 0 unspecified atom stereocenters. The number of hydrogen-bond donors (Lipinski definition) is 2. The van der Waals surface area contributed by atoms with E-state index < -0.39 is 5.91 Å². The van der Waals surface area contributed by atoms with Crippen LogP contribution in [0.15, 0.2) is 60.8 Å². The van der Waals surface area contributed by atoms with E-state index in [2.05, 4.69) is 29.5 Å². The standard InChI is InChI=1S/C24H25BClN3O3/c1-15(2)16-7-9-19(21(13-16)32-12-11-25)24(31)28-20-6-4-3-5-18(20)23(30)29-22-10-8-17(26)14-27-22/h3-10,13-15H,11-12,25H2,1-2H3,(H,28,31)(H,27,29,30). The zero-order valence-corrected chi connectivity index (χ0v) is 19.1. The zero-order chi connectivity index (χ0) is 23.1. The number of amides is 2. The molecule has 0 aliphatic carbocycles. The van der Waals surface area contributed by atoms with E-state index in [9.17, 15) is 9.59 Å². The number of aromatic nitrogens is 1. The third-order valence-corrected chi connectivity index (χ3v) is 4.99. The van der Waals surface area contributed by atoms with E-state index in [1.165, 1.54) is 6.20 Å². The fourth-order valence-electron chi connectivity index (χ4n) is 3.03. The van der Waals surface area contributed by atoms with Gasteiger partial charge in [-0.1, -0.05) is 43.6 Å². The monoisotopic (exact) mass is 449 g/mol. The Balaban J connectivity index is 1.84. The summed E-state index contributed by atoms with van der Waals surface area (Å²) in [4.78, 5) is 30.0. The summed E-state index contributed by atoms with van der Waals surface area (Å²) in [5.41, 5.74) is 2.20. The van der Waals surface area contributed by atoms with Crippen molar-refractivity contribution in [3.63, 3.8) is 0 Å². The van der Waals surface area contributed by atoms with Gasteiger partial charge in [0.2, 0.25) is 0 Å². The van der Waals surface area contributed by atoms with Crippen molar-refractivity contribution in [1.82, 2.24) is 4.98 Å². The van der Waals surface area contributed by atoms with Gasteiger partial charge in [0, 0.05) is 6.20 Å². The molecule has 2 aromatic carbocycles. The van der Waals surface area contributed by atoms with Gasteiger partial charge in [0.05, 0.1) is 28.4 Å². The van der Waals surface area contributed by atoms with E-state index in [-0.39, 0.29) is 5.91 Å². The topological polar surface area (TPSA) is 80.3 Å². The van der Waals surface area contributed by atoms with Gasteiger partial charge < -0.3 is 15.4 Å². The first-order valence-corrected chi connectivity index (χ1v) is 10.9. The maximum absolute atomic E-state index is 13.1. The number of nitrogens with one attached hydrogen (secondary N) is 2. The van der Waals surface area contributed by atoms with E-state index in [0.717, 1.165) is 11.9 Å². The Morgan fingerprint density at radius 2 is 1.78 bits per heavy atom. The molecule has 1 aromatic heterocycles. The SMILES string of the molecule is BCCOc1cc(C(C)C)ccc1C(=O)Nc1ccccc1C(=O)Nc1ccc(Cl)cn1. The third kappa shape index (κ3) is 5.89.